The molecule has 2 N–H and O–H groups in total. The third-order valence-corrected chi connectivity index (χ3v) is 4.38. The first kappa shape index (κ1) is 17.2. The maximum atomic E-state index is 12.5. The van der Waals surface area contributed by atoms with Crippen molar-refractivity contribution < 1.29 is 13.2 Å². The van der Waals surface area contributed by atoms with Crippen molar-refractivity contribution in [1.29, 1.82) is 0 Å². The van der Waals surface area contributed by atoms with Gasteiger partial charge in [-0.25, -0.2) is 13.1 Å². The quantitative estimate of drug-likeness (QED) is 0.872. The molecule has 0 unspecified atom stereocenters. The first-order chi connectivity index (χ1) is 9.10. The summed E-state index contributed by atoms with van der Waals surface area (Å²) in [6.45, 7) is 5.78. The summed E-state index contributed by atoms with van der Waals surface area (Å²) in [5.41, 5.74) is 0.104. The van der Waals surface area contributed by atoms with E-state index in [0.717, 1.165) is 0 Å². The molecule has 0 aromatic heterocycles. The second-order valence-electron chi connectivity index (χ2n) is 5.48. The topological polar surface area (TPSA) is 67.4 Å². The van der Waals surface area contributed by atoms with Gasteiger partial charge in [-0.1, -0.05) is 11.6 Å². The van der Waals surface area contributed by atoms with E-state index in [2.05, 4.69) is 10.0 Å². The maximum Gasteiger partial charge on any atom is 0.244 e. The van der Waals surface area contributed by atoms with Gasteiger partial charge in [0.15, 0.2) is 0 Å². The van der Waals surface area contributed by atoms with E-state index in [4.69, 9.17) is 16.3 Å². The van der Waals surface area contributed by atoms with Gasteiger partial charge in [-0.2, -0.15) is 0 Å². The monoisotopic (exact) mass is 320 g/mol. The van der Waals surface area contributed by atoms with Gasteiger partial charge in [0.2, 0.25) is 10.0 Å². The van der Waals surface area contributed by atoms with E-state index in [1.807, 2.05) is 0 Å². The van der Waals surface area contributed by atoms with Gasteiger partial charge < -0.3 is 10.1 Å². The molecule has 1 aromatic carbocycles. The minimum atomic E-state index is -3.71. The first-order valence-electron chi connectivity index (χ1n) is 6.15. The third kappa shape index (κ3) is 4.34. The Morgan fingerprint density at radius 3 is 2.35 bits per heavy atom. The third-order valence-electron chi connectivity index (χ3n) is 2.40. The van der Waals surface area contributed by atoms with Crippen molar-refractivity contribution in [3.63, 3.8) is 0 Å². The average molecular weight is 321 g/mol. The molecule has 0 saturated carbocycles. The molecule has 1 rings (SSSR count). The molecular weight excluding hydrogens is 300 g/mol. The van der Waals surface area contributed by atoms with Crippen LogP contribution in [0.15, 0.2) is 17.0 Å². The molecule has 0 spiro atoms. The lowest BCUT2D eigenvalue weighted by Gasteiger charge is -2.22. The zero-order chi connectivity index (χ0) is 15.6. The number of hydrogen-bond acceptors (Lipinski definition) is 4. The van der Waals surface area contributed by atoms with Crippen molar-refractivity contribution in [3.05, 3.63) is 22.7 Å². The van der Waals surface area contributed by atoms with E-state index in [-0.39, 0.29) is 4.90 Å². The smallest absolute Gasteiger partial charge is 0.244 e. The number of rotatable bonds is 5. The summed E-state index contributed by atoms with van der Waals surface area (Å²) in [5, 5.41) is 3.31. The van der Waals surface area contributed by atoms with Crippen molar-refractivity contribution in [2.24, 2.45) is 0 Å². The molecule has 1 aromatic rings. The van der Waals surface area contributed by atoms with Crippen LogP contribution in [0.4, 0.5) is 0 Å². The van der Waals surface area contributed by atoms with Gasteiger partial charge in [-0.05, 0) is 40.0 Å². The van der Waals surface area contributed by atoms with E-state index in [0.29, 0.717) is 22.9 Å². The lowest BCUT2D eigenvalue weighted by atomic mass is 10.1. The predicted molar refractivity (Wildman–Crippen MR) is 80.8 cm³/mol. The zero-order valence-electron chi connectivity index (χ0n) is 12.4. The van der Waals surface area contributed by atoms with Crippen molar-refractivity contribution in [3.8, 4) is 5.75 Å². The molecule has 0 heterocycles. The number of methoxy groups -OCH3 is 1. The zero-order valence-corrected chi connectivity index (χ0v) is 13.9. The predicted octanol–water partition coefficient (Wildman–Crippen LogP) is 2.14. The van der Waals surface area contributed by atoms with Crippen LogP contribution in [-0.2, 0) is 16.6 Å². The number of benzene rings is 1. The van der Waals surface area contributed by atoms with E-state index in [9.17, 15) is 8.42 Å². The largest absolute Gasteiger partial charge is 0.495 e. The second kappa shape index (κ2) is 6.30. The number of hydrogen-bond donors (Lipinski definition) is 2. The highest BCUT2D eigenvalue weighted by Gasteiger charge is 2.27. The molecule has 0 amide bonds. The van der Waals surface area contributed by atoms with E-state index >= 15 is 0 Å². The van der Waals surface area contributed by atoms with Gasteiger partial charge in [0, 0.05) is 22.7 Å². The van der Waals surface area contributed by atoms with Crippen LogP contribution in [0.5, 0.6) is 5.75 Å². The summed E-state index contributed by atoms with van der Waals surface area (Å²) in [7, 11) is -0.503. The molecule has 0 fully saturated rings. The Balaban J connectivity index is 3.43. The summed E-state index contributed by atoms with van der Waals surface area (Å²) in [6, 6.07) is 3.08. The van der Waals surface area contributed by atoms with Crippen molar-refractivity contribution >= 4 is 21.6 Å². The van der Waals surface area contributed by atoms with Crippen molar-refractivity contribution in [2.45, 2.75) is 37.8 Å². The van der Waals surface area contributed by atoms with Crippen molar-refractivity contribution in [2.75, 3.05) is 14.2 Å². The summed E-state index contributed by atoms with van der Waals surface area (Å²) >= 11 is 6.02. The molecular formula is C13H21ClN2O3S. The number of nitrogens with one attached hydrogen (secondary N) is 2. The van der Waals surface area contributed by atoms with Crippen molar-refractivity contribution in [1.82, 2.24) is 10.0 Å². The molecule has 0 saturated heterocycles. The van der Waals surface area contributed by atoms with Gasteiger partial charge >= 0.3 is 0 Å². The fourth-order valence-electron chi connectivity index (χ4n) is 1.83. The Morgan fingerprint density at radius 2 is 1.90 bits per heavy atom. The number of halogens is 1. The average Bonchev–Trinajstić information content (AvgIpc) is 2.25. The minimum Gasteiger partial charge on any atom is -0.495 e. The molecule has 114 valence electrons. The van der Waals surface area contributed by atoms with Crippen LogP contribution in [0.25, 0.3) is 0 Å². The Morgan fingerprint density at radius 1 is 1.30 bits per heavy atom. The van der Waals surface area contributed by atoms with Crippen LogP contribution in [0.1, 0.15) is 26.3 Å². The van der Waals surface area contributed by atoms with Gasteiger partial charge in [-0.3, -0.25) is 0 Å². The molecule has 7 heteroatoms. The van der Waals surface area contributed by atoms with Crippen LogP contribution >= 0.6 is 11.6 Å². The van der Waals surface area contributed by atoms with Crippen LogP contribution < -0.4 is 14.8 Å². The lowest BCUT2D eigenvalue weighted by Crippen LogP contribution is -2.40. The van der Waals surface area contributed by atoms with Crippen LogP contribution in [0.2, 0.25) is 5.02 Å². The maximum absolute atomic E-state index is 12.5. The first-order valence-corrected chi connectivity index (χ1v) is 8.02. The van der Waals surface area contributed by atoms with Gasteiger partial charge in [-0.15, -0.1) is 0 Å². The van der Waals surface area contributed by atoms with Crippen LogP contribution in [-0.4, -0.2) is 28.1 Å². The second-order valence-corrected chi connectivity index (χ2v) is 7.57. The van der Waals surface area contributed by atoms with Crippen LogP contribution in [0.3, 0.4) is 0 Å². The fourth-order valence-corrected chi connectivity index (χ4v) is 3.80. The summed E-state index contributed by atoms with van der Waals surface area (Å²) in [5.74, 6) is 0.306. The Hall–Kier alpha value is -0.820. The van der Waals surface area contributed by atoms with Gasteiger partial charge in [0.25, 0.3) is 0 Å². The molecule has 20 heavy (non-hydrogen) atoms. The molecule has 0 aliphatic carbocycles. The SMILES string of the molecule is CNCc1cc(Cl)cc(S(=O)(=O)NC(C)(C)C)c1OC. The lowest BCUT2D eigenvalue weighted by molar-refractivity contribution is 0.394. The van der Waals surface area contributed by atoms with E-state index < -0.39 is 15.6 Å². The highest BCUT2D eigenvalue weighted by molar-refractivity contribution is 7.89. The number of ether oxygens (including phenoxy) is 1. The standard InChI is InChI=1S/C13H21ClN2O3S/c1-13(2,3)16-20(17,18)11-7-10(14)6-9(8-15-4)12(11)19-5/h6-7,15-16H,8H2,1-5H3. The summed E-state index contributed by atoms with van der Waals surface area (Å²) in [4.78, 5) is 0.0488. The minimum absolute atomic E-state index is 0.0488. The normalized spacial score (nSPS) is 12.5. The molecule has 0 atom stereocenters. The Labute approximate surface area is 125 Å². The van der Waals surface area contributed by atoms with E-state index in [1.165, 1.54) is 13.2 Å². The molecule has 0 bridgehead atoms. The van der Waals surface area contributed by atoms with Gasteiger partial charge in [0.1, 0.15) is 10.6 Å². The highest BCUT2D eigenvalue weighted by Crippen LogP contribution is 2.32. The Bertz CT molecular complexity index is 580. The molecule has 0 radical (unpaired) electrons. The van der Waals surface area contributed by atoms with Gasteiger partial charge in [0.05, 0.1) is 7.11 Å². The summed E-state index contributed by atoms with van der Waals surface area (Å²) in [6.07, 6.45) is 0. The molecule has 0 aliphatic rings. The van der Waals surface area contributed by atoms with E-state index in [1.54, 1.807) is 33.9 Å². The number of sulfonamides is 1. The summed E-state index contributed by atoms with van der Waals surface area (Å²) < 4.78 is 32.8. The molecule has 5 nitrogen and oxygen atoms in total. The fraction of sp³-hybridized carbons (Fsp3) is 0.538. The van der Waals surface area contributed by atoms with Crippen LogP contribution in [0, 0.1) is 0 Å². The Kier molecular flexibility index (Phi) is 5.43. The highest BCUT2D eigenvalue weighted by atomic mass is 35.5. The molecule has 0 aliphatic heterocycles.